The Bertz CT molecular complexity index is 474. The maximum atomic E-state index is 12.4. The third-order valence-corrected chi connectivity index (χ3v) is 4.55. The number of nitrogens with zero attached hydrogens (tertiary/aromatic N) is 1. The Morgan fingerprint density at radius 1 is 1.45 bits per heavy atom. The van der Waals surface area contributed by atoms with Gasteiger partial charge >= 0.3 is 0 Å². The van der Waals surface area contributed by atoms with Crippen molar-refractivity contribution in [3.63, 3.8) is 0 Å². The summed E-state index contributed by atoms with van der Waals surface area (Å²) in [5.41, 5.74) is 6.48. The van der Waals surface area contributed by atoms with E-state index in [1.807, 2.05) is 17.9 Å². The standard InChI is InChI=1S/C14H18BrClN2O.ClH/c1-9(17)10-4-6-18(7-5-10)14(19)12-8-11(15)2-3-13(12)16;/h2-3,8-10H,4-7,17H2,1H3;1H. The summed E-state index contributed by atoms with van der Waals surface area (Å²) >= 11 is 9.47. The number of carbonyl (C=O) groups excluding carboxylic acids is 1. The van der Waals surface area contributed by atoms with E-state index in [1.165, 1.54) is 0 Å². The lowest BCUT2D eigenvalue weighted by molar-refractivity contribution is 0.0681. The van der Waals surface area contributed by atoms with Crippen LogP contribution in [-0.2, 0) is 0 Å². The summed E-state index contributed by atoms with van der Waals surface area (Å²) in [6.45, 7) is 3.55. The molecule has 1 amide bonds. The summed E-state index contributed by atoms with van der Waals surface area (Å²) in [5, 5.41) is 0.502. The Morgan fingerprint density at radius 2 is 2.05 bits per heavy atom. The normalized spacial score (nSPS) is 17.5. The number of rotatable bonds is 2. The molecule has 1 saturated heterocycles. The second-order valence-electron chi connectivity index (χ2n) is 5.11. The molecule has 1 aliphatic rings. The minimum atomic E-state index is 0. The first-order chi connectivity index (χ1) is 8.99. The average molecular weight is 382 g/mol. The van der Waals surface area contributed by atoms with E-state index in [1.54, 1.807) is 12.1 Å². The molecule has 2 rings (SSSR count). The maximum Gasteiger partial charge on any atom is 0.255 e. The molecule has 3 nitrogen and oxygen atoms in total. The molecule has 1 aromatic carbocycles. The van der Waals surface area contributed by atoms with Gasteiger partial charge < -0.3 is 10.6 Å². The van der Waals surface area contributed by atoms with E-state index < -0.39 is 0 Å². The lowest BCUT2D eigenvalue weighted by atomic mass is 9.90. The van der Waals surface area contributed by atoms with Crippen LogP contribution < -0.4 is 5.73 Å². The van der Waals surface area contributed by atoms with Crippen molar-refractivity contribution in [2.45, 2.75) is 25.8 Å². The molecule has 0 radical (unpaired) electrons. The zero-order valence-electron chi connectivity index (χ0n) is 11.3. The molecule has 1 atom stereocenters. The summed E-state index contributed by atoms with van der Waals surface area (Å²) in [5.74, 6) is 0.524. The SMILES string of the molecule is CC(N)C1CCN(C(=O)c2cc(Br)ccc2Cl)CC1.Cl. The van der Waals surface area contributed by atoms with E-state index in [0.717, 1.165) is 30.4 Å². The predicted octanol–water partition coefficient (Wildman–Crippen LogP) is 3.72. The van der Waals surface area contributed by atoms with Crippen molar-refractivity contribution in [2.75, 3.05) is 13.1 Å². The zero-order chi connectivity index (χ0) is 14.0. The van der Waals surface area contributed by atoms with Crippen molar-refractivity contribution in [1.82, 2.24) is 4.90 Å². The monoisotopic (exact) mass is 380 g/mol. The fourth-order valence-electron chi connectivity index (χ4n) is 2.46. The quantitative estimate of drug-likeness (QED) is 0.848. The number of likely N-dealkylation sites (tertiary alicyclic amines) is 1. The van der Waals surface area contributed by atoms with Gasteiger partial charge in [0, 0.05) is 23.6 Å². The number of piperidine rings is 1. The Labute approximate surface area is 139 Å². The first kappa shape index (κ1) is 17.8. The van der Waals surface area contributed by atoms with E-state index in [9.17, 15) is 4.79 Å². The van der Waals surface area contributed by atoms with Gasteiger partial charge in [-0.2, -0.15) is 0 Å². The summed E-state index contributed by atoms with van der Waals surface area (Å²) in [6, 6.07) is 5.56. The first-order valence-electron chi connectivity index (χ1n) is 6.49. The molecule has 1 aliphatic heterocycles. The third-order valence-electron chi connectivity index (χ3n) is 3.73. The van der Waals surface area contributed by atoms with Gasteiger partial charge in [-0.1, -0.05) is 27.5 Å². The molecular formula is C14H19BrCl2N2O. The van der Waals surface area contributed by atoms with Crippen molar-refractivity contribution in [1.29, 1.82) is 0 Å². The van der Waals surface area contributed by atoms with Gasteiger partial charge in [-0.3, -0.25) is 4.79 Å². The minimum Gasteiger partial charge on any atom is -0.339 e. The van der Waals surface area contributed by atoms with Crippen LogP contribution in [0.3, 0.4) is 0 Å². The van der Waals surface area contributed by atoms with Crippen LogP contribution in [0, 0.1) is 5.92 Å². The smallest absolute Gasteiger partial charge is 0.255 e. The maximum absolute atomic E-state index is 12.4. The summed E-state index contributed by atoms with van der Waals surface area (Å²) < 4.78 is 0.866. The van der Waals surface area contributed by atoms with Gasteiger partial charge in [-0.25, -0.2) is 0 Å². The van der Waals surface area contributed by atoms with Crippen LogP contribution in [0.15, 0.2) is 22.7 Å². The molecule has 1 heterocycles. The summed E-state index contributed by atoms with van der Waals surface area (Å²) in [6.07, 6.45) is 1.93. The van der Waals surface area contributed by atoms with E-state index in [-0.39, 0.29) is 24.4 Å². The van der Waals surface area contributed by atoms with Crippen LogP contribution in [-0.4, -0.2) is 29.9 Å². The zero-order valence-corrected chi connectivity index (χ0v) is 14.5. The molecule has 0 bridgehead atoms. The van der Waals surface area contributed by atoms with Gasteiger partial charge in [-0.05, 0) is 43.9 Å². The van der Waals surface area contributed by atoms with Crippen LogP contribution >= 0.6 is 39.9 Å². The third kappa shape index (κ3) is 4.10. The second kappa shape index (κ2) is 7.64. The fourth-order valence-corrected chi connectivity index (χ4v) is 3.02. The van der Waals surface area contributed by atoms with E-state index in [0.29, 0.717) is 16.5 Å². The topological polar surface area (TPSA) is 46.3 Å². The van der Waals surface area contributed by atoms with Crippen LogP contribution in [0.4, 0.5) is 0 Å². The van der Waals surface area contributed by atoms with Crippen molar-refractivity contribution in [3.05, 3.63) is 33.3 Å². The van der Waals surface area contributed by atoms with E-state index in [4.69, 9.17) is 17.3 Å². The van der Waals surface area contributed by atoms with Crippen LogP contribution in [0.25, 0.3) is 0 Å². The predicted molar refractivity (Wildman–Crippen MR) is 88.7 cm³/mol. The molecule has 0 aromatic heterocycles. The van der Waals surface area contributed by atoms with Crippen LogP contribution in [0.5, 0.6) is 0 Å². The van der Waals surface area contributed by atoms with E-state index >= 15 is 0 Å². The molecule has 0 saturated carbocycles. The largest absolute Gasteiger partial charge is 0.339 e. The number of hydrogen-bond acceptors (Lipinski definition) is 2. The van der Waals surface area contributed by atoms with Gasteiger partial charge in [0.15, 0.2) is 0 Å². The van der Waals surface area contributed by atoms with Crippen molar-refractivity contribution in [3.8, 4) is 0 Å². The minimum absolute atomic E-state index is 0. The summed E-state index contributed by atoms with van der Waals surface area (Å²) in [7, 11) is 0. The number of nitrogens with two attached hydrogens (primary N) is 1. The molecule has 2 N–H and O–H groups in total. The van der Waals surface area contributed by atoms with Crippen molar-refractivity contribution < 1.29 is 4.79 Å². The van der Waals surface area contributed by atoms with Crippen LogP contribution in [0.1, 0.15) is 30.1 Å². The first-order valence-corrected chi connectivity index (χ1v) is 7.66. The highest BCUT2D eigenvalue weighted by molar-refractivity contribution is 9.10. The van der Waals surface area contributed by atoms with Gasteiger partial charge in [0.2, 0.25) is 0 Å². The van der Waals surface area contributed by atoms with E-state index in [2.05, 4.69) is 15.9 Å². The molecule has 20 heavy (non-hydrogen) atoms. The van der Waals surface area contributed by atoms with Gasteiger partial charge in [0.05, 0.1) is 10.6 Å². The molecule has 0 spiro atoms. The number of carbonyl (C=O) groups is 1. The average Bonchev–Trinajstić information content (AvgIpc) is 2.41. The van der Waals surface area contributed by atoms with Gasteiger partial charge in [-0.15, -0.1) is 12.4 Å². The van der Waals surface area contributed by atoms with Gasteiger partial charge in [0.25, 0.3) is 5.91 Å². The molecule has 1 unspecified atom stereocenters. The highest BCUT2D eigenvalue weighted by atomic mass is 79.9. The number of amides is 1. The number of halogens is 3. The summed E-state index contributed by atoms with van der Waals surface area (Å²) in [4.78, 5) is 14.3. The lowest BCUT2D eigenvalue weighted by Gasteiger charge is -2.34. The van der Waals surface area contributed by atoms with Crippen molar-refractivity contribution >= 4 is 45.8 Å². The Hall–Kier alpha value is -0.290. The molecule has 1 fully saturated rings. The Morgan fingerprint density at radius 3 is 2.60 bits per heavy atom. The molecule has 1 aromatic rings. The molecule has 0 aliphatic carbocycles. The van der Waals surface area contributed by atoms with Crippen LogP contribution in [0.2, 0.25) is 5.02 Å². The number of benzene rings is 1. The highest BCUT2D eigenvalue weighted by Gasteiger charge is 2.26. The lowest BCUT2D eigenvalue weighted by Crippen LogP contribution is -2.42. The molecule has 112 valence electrons. The second-order valence-corrected chi connectivity index (χ2v) is 6.44. The Kier molecular flexibility index (Phi) is 6.79. The molecule has 6 heteroatoms. The van der Waals surface area contributed by atoms with Gasteiger partial charge in [0.1, 0.15) is 0 Å². The molecular weight excluding hydrogens is 363 g/mol. The Balaban J connectivity index is 0.00000200. The highest BCUT2D eigenvalue weighted by Crippen LogP contribution is 2.25. The number of hydrogen-bond donors (Lipinski definition) is 1. The van der Waals surface area contributed by atoms with Crippen molar-refractivity contribution in [2.24, 2.45) is 11.7 Å². The fraction of sp³-hybridized carbons (Fsp3) is 0.500.